The van der Waals surface area contributed by atoms with Gasteiger partial charge in [-0.1, -0.05) is 42.5 Å². The van der Waals surface area contributed by atoms with E-state index in [1.54, 1.807) is 0 Å². The van der Waals surface area contributed by atoms with Crippen molar-refractivity contribution < 1.29 is 4.39 Å². The smallest absolute Gasteiger partial charge is 0.123 e. The number of nitrogens with zero attached hydrogens (tertiary/aromatic N) is 2. The molecule has 1 aliphatic rings. The third kappa shape index (κ3) is 3.44. The van der Waals surface area contributed by atoms with E-state index in [0.29, 0.717) is 0 Å². The highest BCUT2D eigenvalue weighted by molar-refractivity contribution is 14.1. The number of hydrogen-bond acceptors (Lipinski definition) is 2. The fourth-order valence-corrected chi connectivity index (χ4v) is 3.45. The lowest BCUT2D eigenvalue weighted by Crippen LogP contribution is -2.18. The van der Waals surface area contributed by atoms with Crippen LogP contribution in [0, 0.1) is 9.39 Å². The number of rotatable bonds is 3. The Kier molecular flexibility index (Phi) is 4.53. The van der Waals surface area contributed by atoms with Crippen LogP contribution in [-0.4, -0.2) is 5.71 Å². The minimum Gasteiger partial charge on any atom is -0.257 e. The molecule has 1 atom stereocenters. The first-order chi connectivity index (χ1) is 12.2. The molecule has 25 heavy (non-hydrogen) atoms. The lowest BCUT2D eigenvalue weighted by molar-refractivity contribution is 0.624. The molecule has 0 saturated heterocycles. The third-order valence-electron chi connectivity index (χ3n) is 4.36. The summed E-state index contributed by atoms with van der Waals surface area (Å²) in [5, 5.41) is 6.93. The highest BCUT2D eigenvalue weighted by atomic mass is 127. The van der Waals surface area contributed by atoms with Gasteiger partial charge in [0.2, 0.25) is 0 Å². The summed E-state index contributed by atoms with van der Waals surface area (Å²) in [6.07, 6.45) is 0.793. The van der Waals surface area contributed by atoms with Crippen molar-refractivity contribution in [2.75, 3.05) is 5.01 Å². The molecule has 1 heterocycles. The number of hydrazone groups is 1. The van der Waals surface area contributed by atoms with E-state index in [0.717, 1.165) is 28.9 Å². The van der Waals surface area contributed by atoms with Gasteiger partial charge in [-0.3, -0.25) is 5.01 Å². The summed E-state index contributed by atoms with van der Waals surface area (Å²) in [5.41, 5.74) is 4.28. The molecule has 0 spiro atoms. The van der Waals surface area contributed by atoms with Gasteiger partial charge >= 0.3 is 0 Å². The van der Waals surface area contributed by atoms with E-state index < -0.39 is 0 Å². The Balaban J connectivity index is 1.73. The Morgan fingerprint density at radius 3 is 2.24 bits per heavy atom. The minimum atomic E-state index is -0.216. The number of para-hydroxylation sites is 1. The maximum atomic E-state index is 13.3. The summed E-state index contributed by atoms with van der Waals surface area (Å²) in [7, 11) is 0. The van der Waals surface area contributed by atoms with E-state index in [4.69, 9.17) is 5.10 Å². The third-order valence-corrected chi connectivity index (χ3v) is 5.08. The molecule has 2 nitrogen and oxygen atoms in total. The Morgan fingerprint density at radius 1 is 0.880 bits per heavy atom. The summed E-state index contributed by atoms with van der Waals surface area (Å²) < 4.78 is 14.5. The molecular weight excluding hydrogens is 426 g/mol. The van der Waals surface area contributed by atoms with Gasteiger partial charge in [-0.05, 0) is 70.1 Å². The predicted octanol–water partition coefficient (Wildman–Crippen LogP) is 5.79. The van der Waals surface area contributed by atoms with Crippen LogP contribution in [0.15, 0.2) is 84.0 Å². The van der Waals surface area contributed by atoms with Gasteiger partial charge in [-0.15, -0.1) is 0 Å². The van der Waals surface area contributed by atoms with Crippen molar-refractivity contribution in [2.24, 2.45) is 5.10 Å². The maximum absolute atomic E-state index is 13.3. The molecule has 124 valence electrons. The topological polar surface area (TPSA) is 15.6 Å². The van der Waals surface area contributed by atoms with Crippen molar-refractivity contribution in [3.63, 3.8) is 0 Å². The van der Waals surface area contributed by atoms with Gasteiger partial charge in [0, 0.05) is 9.99 Å². The van der Waals surface area contributed by atoms with Crippen LogP contribution in [0.3, 0.4) is 0 Å². The second-order valence-corrected chi connectivity index (χ2v) is 7.25. The van der Waals surface area contributed by atoms with Crippen LogP contribution >= 0.6 is 22.6 Å². The SMILES string of the molecule is Fc1ccc([C@H]2CC(c3ccc(I)cc3)=NN2c2ccccc2)cc1. The molecule has 0 amide bonds. The fourth-order valence-electron chi connectivity index (χ4n) is 3.09. The Bertz CT molecular complexity index is 889. The average molecular weight is 442 g/mol. The van der Waals surface area contributed by atoms with E-state index in [1.807, 2.05) is 35.3 Å². The Labute approximate surface area is 160 Å². The first-order valence-electron chi connectivity index (χ1n) is 8.14. The summed E-state index contributed by atoms with van der Waals surface area (Å²) >= 11 is 2.30. The average Bonchev–Trinajstić information content (AvgIpc) is 3.09. The fraction of sp³-hybridized carbons (Fsp3) is 0.0952. The molecule has 0 unspecified atom stereocenters. The van der Waals surface area contributed by atoms with Gasteiger partial charge in [-0.25, -0.2) is 4.39 Å². The van der Waals surface area contributed by atoms with Gasteiger partial charge in [0.1, 0.15) is 5.82 Å². The zero-order valence-corrected chi connectivity index (χ0v) is 15.6. The van der Waals surface area contributed by atoms with Crippen LogP contribution in [0.1, 0.15) is 23.6 Å². The zero-order valence-electron chi connectivity index (χ0n) is 13.4. The monoisotopic (exact) mass is 442 g/mol. The summed E-state index contributed by atoms with van der Waals surface area (Å²) in [4.78, 5) is 0. The minimum absolute atomic E-state index is 0.0669. The summed E-state index contributed by atoms with van der Waals surface area (Å²) in [6, 6.07) is 25.3. The predicted molar refractivity (Wildman–Crippen MR) is 108 cm³/mol. The quantitative estimate of drug-likeness (QED) is 0.470. The standard InChI is InChI=1S/C21H16FIN2/c22-17-10-6-16(7-11-17)21-14-20(15-8-12-18(23)13-9-15)24-25(21)19-4-2-1-3-5-19/h1-13,21H,14H2/t21-/m1/s1. The largest absolute Gasteiger partial charge is 0.257 e. The lowest BCUT2D eigenvalue weighted by atomic mass is 9.98. The van der Waals surface area contributed by atoms with E-state index in [-0.39, 0.29) is 11.9 Å². The number of hydrogen-bond donors (Lipinski definition) is 0. The highest BCUT2D eigenvalue weighted by Gasteiger charge is 2.29. The van der Waals surface area contributed by atoms with Crippen molar-refractivity contribution >= 4 is 34.0 Å². The molecule has 3 aromatic rings. The van der Waals surface area contributed by atoms with Gasteiger partial charge in [0.05, 0.1) is 17.4 Å². The Morgan fingerprint density at radius 2 is 1.56 bits per heavy atom. The van der Waals surface area contributed by atoms with Crippen LogP contribution in [0.2, 0.25) is 0 Å². The van der Waals surface area contributed by atoms with Gasteiger partial charge in [-0.2, -0.15) is 5.10 Å². The van der Waals surface area contributed by atoms with E-state index in [9.17, 15) is 4.39 Å². The van der Waals surface area contributed by atoms with Crippen molar-refractivity contribution in [2.45, 2.75) is 12.5 Å². The molecule has 0 radical (unpaired) electrons. The van der Waals surface area contributed by atoms with Crippen LogP contribution < -0.4 is 5.01 Å². The molecule has 0 aliphatic carbocycles. The van der Waals surface area contributed by atoms with E-state index >= 15 is 0 Å². The second kappa shape index (κ2) is 6.96. The van der Waals surface area contributed by atoms with Gasteiger partial charge in [0.25, 0.3) is 0 Å². The van der Waals surface area contributed by atoms with Gasteiger partial charge in [0.15, 0.2) is 0 Å². The van der Waals surface area contributed by atoms with Crippen LogP contribution in [0.25, 0.3) is 0 Å². The molecule has 0 aromatic heterocycles. The van der Waals surface area contributed by atoms with Crippen LogP contribution in [0.4, 0.5) is 10.1 Å². The van der Waals surface area contributed by atoms with Crippen molar-refractivity contribution in [1.82, 2.24) is 0 Å². The number of halogens is 2. The van der Waals surface area contributed by atoms with Crippen molar-refractivity contribution in [3.8, 4) is 0 Å². The molecular formula is C21H16FIN2. The Hall–Kier alpha value is -2.21. The lowest BCUT2D eigenvalue weighted by Gasteiger charge is -2.23. The van der Waals surface area contributed by atoms with Crippen molar-refractivity contribution in [3.05, 3.63) is 99.4 Å². The van der Waals surface area contributed by atoms with Crippen LogP contribution in [0.5, 0.6) is 0 Å². The summed E-state index contributed by atoms with van der Waals surface area (Å²) in [6.45, 7) is 0. The molecule has 3 aromatic carbocycles. The molecule has 0 fully saturated rings. The zero-order chi connectivity index (χ0) is 17.2. The first kappa shape index (κ1) is 16.3. The van der Waals surface area contributed by atoms with E-state index in [1.165, 1.54) is 15.7 Å². The maximum Gasteiger partial charge on any atom is 0.123 e. The molecule has 0 bridgehead atoms. The highest BCUT2D eigenvalue weighted by Crippen LogP contribution is 2.36. The molecule has 0 saturated carbocycles. The van der Waals surface area contributed by atoms with Gasteiger partial charge < -0.3 is 0 Å². The summed E-state index contributed by atoms with van der Waals surface area (Å²) in [5.74, 6) is -0.216. The normalized spacial score (nSPS) is 16.8. The molecule has 0 N–H and O–H groups in total. The van der Waals surface area contributed by atoms with E-state index in [2.05, 4.69) is 59.0 Å². The van der Waals surface area contributed by atoms with Crippen LogP contribution in [-0.2, 0) is 0 Å². The molecule has 4 rings (SSSR count). The molecule has 4 heteroatoms. The number of benzene rings is 3. The second-order valence-electron chi connectivity index (χ2n) is 6.01. The van der Waals surface area contributed by atoms with Crippen molar-refractivity contribution in [1.29, 1.82) is 0 Å². The number of anilines is 1. The molecule has 1 aliphatic heterocycles. The first-order valence-corrected chi connectivity index (χ1v) is 9.22.